The molecule has 5 nitrogen and oxygen atoms in total. The maximum atomic E-state index is 12.3. The molecule has 1 aliphatic heterocycles. The third-order valence-electron chi connectivity index (χ3n) is 3.30. The molecule has 0 spiro atoms. The monoisotopic (exact) mass is 250 g/mol. The van der Waals surface area contributed by atoms with Crippen molar-refractivity contribution in [3.63, 3.8) is 0 Å². The Morgan fingerprint density at radius 3 is 2.78 bits per heavy atom. The predicted molar refractivity (Wildman–Crippen MR) is 67.8 cm³/mol. The van der Waals surface area contributed by atoms with Crippen LogP contribution >= 0.6 is 0 Å². The van der Waals surface area contributed by atoms with Crippen LogP contribution in [-0.2, 0) is 0 Å². The van der Waals surface area contributed by atoms with Gasteiger partial charge in [-0.25, -0.2) is 0 Å². The molecule has 1 atom stereocenters. The molecule has 98 valence electrons. The molecule has 0 aliphatic carbocycles. The lowest BCUT2D eigenvalue weighted by Crippen LogP contribution is -2.41. The number of benzene rings is 1. The highest BCUT2D eigenvalue weighted by Crippen LogP contribution is 2.26. The summed E-state index contributed by atoms with van der Waals surface area (Å²) in [6, 6.07) is 4.38. The Kier molecular flexibility index (Phi) is 3.72. The quantitative estimate of drug-likeness (QED) is 0.698. The minimum Gasteiger partial charge on any atom is -0.504 e. The van der Waals surface area contributed by atoms with Gasteiger partial charge in [-0.15, -0.1) is 0 Å². The maximum Gasteiger partial charge on any atom is 0.254 e. The molecule has 5 heteroatoms. The summed E-state index contributed by atoms with van der Waals surface area (Å²) in [5.41, 5.74) is 0.402. The molecule has 3 N–H and O–H groups in total. The Hall–Kier alpha value is -1.75. The number of likely N-dealkylation sites (N-methyl/N-ethyl adjacent to an activating group) is 1. The number of nitrogens with zero attached hydrogens (tertiary/aromatic N) is 1. The van der Waals surface area contributed by atoms with E-state index in [1.165, 1.54) is 18.2 Å². The molecule has 0 bridgehead atoms. The van der Waals surface area contributed by atoms with Gasteiger partial charge in [0.2, 0.25) is 0 Å². The summed E-state index contributed by atoms with van der Waals surface area (Å²) < 4.78 is 0. The summed E-state index contributed by atoms with van der Waals surface area (Å²) in [4.78, 5) is 14.1. The Balaban J connectivity index is 2.19. The van der Waals surface area contributed by atoms with Crippen LogP contribution in [0.25, 0.3) is 0 Å². The highest BCUT2D eigenvalue weighted by molar-refractivity contribution is 5.95. The van der Waals surface area contributed by atoms with Gasteiger partial charge in [0.1, 0.15) is 0 Å². The number of carbonyl (C=O) groups is 1. The van der Waals surface area contributed by atoms with Crippen LogP contribution in [0.1, 0.15) is 23.7 Å². The van der Waals surface area contributed by atoms with Crippen molar-refractivity contribution in [1.82, 2.24) is 10.2 Å². The summed E-state index contributed by atoms with van der Waals surface area (Å²) in [7, 11) is 0. The minimum atomic E-state index is -0.263. The van der Waals surface area contributed by atoms with E-state index in [2.05, 4.69) is 5.32 Å². The number of nitrogens with one attached hydrogen (secondary N) is 1. The second-order valence-electron chi connectivity index (χ2n) is 4.44. The molecule has 1 unspecified atom stereocenters. The fraction of sp³-hybridized carbons (Fsp3) is 0.462. The highest BCUT2D eigenvalue weighted by atomic mass is 16.3. The average Bonchev–Trinajstić information content (AvgIpc) is 2.87. The van der Waals surface area contributed by atoms with E-state index < -0.39 is 0 Å². The molecule has 1 heterocycles. The van der Waals surface area contributed by atoms with Crippen molar-refractivity contribution in [1.29, 1.82) is 0 Å². The number of rotatable bonds is 3. The van der Waals surface area contributed by atoms with Crippen molar-refractivity contribution in [2.75, 3.05) is 19.6 Å². The van der Waals surface area contributed by atoms with Crippen LogP contribution in [0.5, 0.6) is 11.5 Å². The van der Waals surface area contributed by atoms with Crippen LogP contribution in [0, 0.1) is 0 Å². The van der Waals surface area contributed by atoms with Crippen LogP contribution in [0.15, 0.2) is 18.2 Å². The van der Waals surface area contributed by atoms with Gasteiger partial charge in [0.25, 0.3) is 5.91 Å². The second-order valence-corrected chi connectivity index (χ2v) is 4.44. The second kappa shape index (κ2) is 5.27. The maximum absolute atomic E-state index is 12.3. The Labute approximate surface area is 106 Å². The van der Waals surface area contributed by atoms with Gasteiger partial charge in [0, 0.05) is 24.7 Å². The zero-order valence-corrected chi connectivity index (χ0v) is 10.4. The van der Waals surface area contributed by atoms with E-state index >= 15 is 0 Å². The number of hydrogen-bond acceptors (Lipinski definition) is 4. The normalized spacial score (nSPS) is 18.8. The third-order valence-corrected chi connectivity index (χ3v) is 3.30. The van der Waals surface area contributed by atoms with Gasteiger partial charge < -0.3 is 20.4 Å². The molecule has 1 fully saturated rings. The standard InChI is InChI=1S/C13H18N2O3/c1-2-15(10-5-6-14-8-10)13(18)9-3-4-11(16)12(17)7-9/h3-4,7,10,14,16-17H,2,5-6,8H2,1H3. The van der Waals surface area contributed by atoms with Crippen molar-refractivity contribution in [2.24, 2.45) is 0 Å². The first-order valence-corrected chi connectivity index (χ1v) is 6.17. The van der Waals surface area contributed by atoms with Gasteiger partial charge in [0.05, 0.1) is 0 Å². The van der Waals surface area contributed by atoms with E-state index in [-0.39, 0.29) is 23.4 Å². The molecule has 0 aromatic heterocycles. The lowest BCUT2D eigenvalue weighted by molar-refractivity contribution is 0.0703. The number of phenolic OH excluding ortho intramolecular Hbond substituents is 2. The molecular formula is C13H18N2O3. The number of carbonyl (C=O) groups excluding carboxylic acids is 1. The third kappa shape index (κ3) is 2.41. The number of aromatic hydroxyl groups is 2. The van der Waals surface area contributed by atoms with Gasteiger partial charge in [-0.2, -0.15) is 0 Å². The molecule has 18 heavy (non-hydrogen) atoms. The summed E-state index contributed by atoms with van der Waals surface area (Å²) >= 11 is 0. The molecule has 1 aromatic carbocycles. The minimum absolute atomic E-state index is 0.110. The van der Waals surface area contributed by atoms with E-state index in [0.29, 0.717) is 12.1 Å². The fourth-order valence-electron chi connectivity index (χ4n) is 2.30. The van der Waals surface area contributed by atoms with Crippen molar-refractivity contribution in [2.45, 2.75) is 19.4 Å². The van der Waals surface area contributed by atoms with Gasteiger partial charge in [-0.3, -0.25) is 4.79 Å². The topological polar surface area (TPSA) is 72.8 Å². The lowest BCUT2D eigenvalue weighted by Gasteiger charge is -2.27. The predicted octanol–water partition coefficient (Wildman–Crippen LogP) is 0.922. The first kappa shape index (κ1) is 12.7. The van der Waals surface area contributed by atoms with Crippen LogP contribution in [0.2, 0.25) is 0 Å². The molecule has 1 saturated heterocycles. The van der Waals surface area contributed by atoms with E-state index in [1.54, 1.807) is 4.90 Å². The molecule has 1 aromatic rings. The van der Waals surface area contributed by atoms with Crippen LogP contribution in [0.4, 0.5) is 0 Å². The first-order valence-electron chi connectivity index (χ1n) is 6.17. The van der Waals surface area contributed by atoms with Crippen molar-refractivity contribution >= 4 is 5.91 Å². The Bertz CT molecular complexity index is 442. The number of phenols is 2. The molecule has 1 aliphatic rings. The summed E-state index contributed by atoms with van der Waals surface area (Å²) in [6.45, 7) is 4.31. The van der Waals surface area contributed by atoms with Crippen molar-refractivity contribution in [3.8, 4) is 11.5 Å². The van der Waals surface area contributed by atoms with E-state index in [4.69, 9.17) is 0 Å². The molecule has 2 rings (SSSR count). The van der Waals surface area contributed by atoms with Crippen LogP contribution < -0.4 is 5.32 Å². The van der Waals surface area contributed by atoms with Crippen LogP contribution in [0.3, 0.4) is 0 Å². The van der Waals surface area contributed by atoms with E-state index in [1.807, 2.05) is 6.92 Å². The van der Waals surface area contributed by atoms with Crippen LogP contribution in [-0.4, -0.2) is 46.7 Å². The Morgan fingerprint density at radius 2 is 2.22 bits per heavy atom. The molecule has 1 amide bonds. The highest BCUT2D eigenvalue weighted by Gasteiger charge is 2.26. The summed E-state index contributed by atoms with van der Waals surface area (Å²) in [5, 5.41) is 21.9. The largest absolute Gasteiger partial charge is 0.504 e. The SMILES string of the molecule is CCN(C(=O)c1ccc(O)c(O)c1)C1CCNC1. The lowest BCUT2D eigenvalue weighted by atomic mass is 10.1. The van der Waals surface area contributed by atoms with E-state index in [0.717, 1.165) is 19.5 Å². The van der Waals surface area contributed by atoms with E-state index in [9.17, 15) is 15.0 Å². The summed E-state index contributed by atoms with van der Waals surface area (Å²) in [5.74, 6) is -0.583. The number of amides is 1. The van der Waals surface area contributed by atoms with Gasteiger partial charge in [-0.05, 0) is 38.1 Å². The zero-order chi connectivity index (χ0) is 13.1. The van der Waals surface area contributed by atoms with Crippen molar-refractivity contribution in [3.05, 3.63) is 23.8 Å². The number of hydrogen-bond donors (Lipinski definition) is 3. The fourth-order valence-corrected chi connectivity index (χ4v) is 2.30. The van der Waals surface area contributed by atoms with Gasteiger partial charge >= 0.3 is 0 Å². The molecule has 0 radical (unpaired) electrons. The van der Waals surface area contributed by atoms with Crippen molar-refractivity contribution < 1.29 is 15.0 Å². The first-order chi connectivity index (χ1) is 8.63. The smallest absolute Gasteiger partial charge is 0.254 e. The van der Waals surface area contributed by atoms with Gasteiger partial charge in [-0.1, -0.05) is 0 Å². The summed E-state index contributed by atoms with van der Waals surface area (Å²) in [6.07, 6.45) is 0.948. The van der Waals surface area contributed by atoms with Gasteiger partial charge in [0.15, 0.2) is 11.5 Å². The Morgan fingerprint density at radius 1 is 1.44 bits per heavy atom. The molecule has 0 saturated carbocycles. The molecular weight excluding hydrogens is 232 g/mol. The average molecular weight is 250 g/mol. The zero-order valence-electron chi connectivity index (χ0n) is 10.4.